The van der Waals surface area contributed by atoms with E-state index in [0.29, 0.717) is 0 Å². The van der Waals surface area contributed by atoms with Crippen molar-refractivity contribution < 1.29 is 5.11 Å². The van der Waals surface area contributed by atoms with Gasteiger partial charge in [0.15, 0.2) is 0 Å². The van der Waals surface area contributed by atoms with Crippen LogP contribution in [0.1, 0.15) is 45.6 Å². The van der Waals surface area contributed by atoms with Gasteiger partial charge in [-0.3, -0.25) is 0 Å². The van der Waals surface area contributed by atoms with Gasteiger partial charge in [0.25, 0.3) is 0 Å². The van der Waals surface area contributed by atoms with Crippen molar-refractivity contribution in [3.05, 3.63) is 29.8 Å². The van der Waals surface area contributed by atoms with E-state index >= 15 is 0 Å². The molecule has 0 radical (unpaired) electrons. The van der Waals surface area contributed by atoms with Crippen LogP contribution in [0.15, 0.2) is 24.3 Å². The van der Waals surface area contributed by atoms with Gasteiger partial charge in [-0.1, -0.05) is 25.1 Å². The monoisotopic (exact) mass is 292 g/mol. The van der Waals surface area contributed by atoms with Gasteiger partial charge in [0.2, 0.25) is 0 Å². The Labute approximate surface area is 130 Å². The Kier molecular flexibility index (Phi) is 7.76. The van der Waals surface area contributed by atoms with Gasteiger partial charge in [-0.05, 0) is 58.2 Å². The lowest BCUT2D eigenvalue weighted by Gasteiger charge is -2.31. The molecule has 2 N–H and O–H groups in total. The third-order valence-corrected chi connectivity index (χ3v) is 4.15. The fourth-order valence-corrected chi connectivity index (χ4v) is 2.68. The van der Waals surface area contributed by atoms with E-state index in [4.69, 9.17) is 0 Å². The molecule has 1 atom stereocenters. The van der Waals surface area contributed by atoms with E-state index in [-0.39, 0.29) is 12.1 Å². The summed E-state index contributed by atoms with van der Waals surface area (Å²) in [6.45, 7) is 11.9. The molecular formula is C18H32N2O. The highest BCUT2D eigenvalue weighted by molar-refractivity contribution is 5.52. The molecular weight excluding hydrogens is 260 g/mol. The molecule has 0 aliphatic carbocycles. The highest BCUT2D eigenvalue weighted by Crippen LogP contribution is 2.20. The number of benzene rings is 1. The molecule has 1 rings (SSSR count). The number of nitrogens with zero attached hydrogens (tertiary/aromatic N) is 1. The summed E-state index contributed by atoms with van der Waals surface area (Å²) in [5, 5.41) is 13.1. The first-order chi connectivity index (χ1) is 10.1. The molecule has 0 spiro atoms. The van der Waals surface area contributed by atoms with Gasteiger partial charge >= 0.3 is 0 Å². The molecule has 0 aliphatic rings. The number of rotatable bonds is 10. The zero-order valence-corrected chi connectivity index (χ0v) is 14.2. The molecule has 0 bridgehead atoms. The summed E-state index contributed by atoms with van der Waals surface area (Å²) in [5.41, 5.74) is 2.50. The lowest BCUT2D eigenvalue weighted by molar-refractivity contribution is 0.164. The van der Waals surface area contributed by atoms with Crippen LogP contribution < -0.4 is 10.2 Å². The van der Waals surface area contributed by atoms with Crippen LogP contribution in [0.4, 0.5) is 5.69 Å². The van der Waals surface area contributed by atoms with Crippen LogP contribution in [0.5, 0.6) is 0 Å². The Balaban J connectivity index is 2.54. The third-order valence-electron chi connectivity index (χ3n) is 4.15. The van der Waals surface area contributed by atoms with Crippen molar-refractivity contribution >= 4 is 5.69 Å². The summed E-state index contributed by atoms with van der Waals surface area (Å²) < 4.78 is 0. The molecule has 0 saturated carbocycles. The lowest BCUT2D eigenvalue weighted by atomic mass is 9.96. The fraction of sp³-hybridized carbons (Fsp3) is 0.667. The van der Waals surface area contributed by atoms with Crippen molar-refractivity contribution in [3.63, 3.8) is 0 Å². The van der Waals surface area contributed by atoms with Gasteiger partial charge < -0.3 is 15.3 Å². The number of nitrogens with one attached hydrogen (secondary N) is 1. The summed E-state index contributed by atoms with van der Waals surface area (Å²) in [6, 6.07) is 8.55. The average molecular weight is 292 g/mol. The number of aliphatic hydroxyl groups excluding tert-OH is 1. The van der Waals surface area contributed by atoms with Crippen LogP contribution >= 0.6 is 0 Å². The number of hydrogen-bond acceptors (Lipinski definition) is 3. The Bertz CT molecular complexity index is 408. The molecule has 120 valence electrons. The average Bonchev–Trinajstić information content (AvgIpc) is 2.50. The van der Waals surface area contributed by atoms with E-state index in [2.05, 4.69) is 62.2 Å². The van der Waals surface area contributed by atoms with Crippen molar-refractivity contribution in [1.29, 1.82) is 0 Å². The summed E-state index contributed by atoms with van der Waals surface area (Å²) in [4.78, 5) is 2.42. The standard InChI is InChI=1S/C18H32N2O/c1-5-13-19-18(4,15-21)12-9-14-20(6-2)17-11-8-7-10-16(17)3/h7-8,10-11,19,21H,5-6,9,12-15H2,1-4H3. The highest BCUT2D eigenvalue weighted by Gasteiger charge is 2.21. The molecule has 1 aromatic carbocycles. The van der Waals surface area contributed by atoms with Gasteiger partial charge in [-0.25, -0.2) is 0 Å². The first-order valence-corrected chi connectivity index (χ1v) is 8.22. The largest absolute Gasteiger partial charge is 0.394 e. The zero-order chi connectivity index (χ0) is 15.7. The van der Waals surface area contributed by atoms with E-state index in [0.717, 1.165) is 38.9 Å². The second-order valence-corrected chi connectivity index (χ2v) is 6.12. The molecule has 1 aromatic rings. The molecule has 0 heterocycles. The van der Waals surface area contributed by atoms with Gasteiger partial charge in [0, 0.05) is 24.3 Å². The quantitative estimate of drug-likeness (QED) is 0.694. The Morgan fingerprint density at radius 1 is 1.24 bits per heavy atom. The van der Waals surface area contributed by atoms with Gasteiger partial charge in [0.05, 0.1) is 6.61 Å². The van der Waals surface area contributed by atoms with Crippen LogP contribution in [-0.2, 0) is 0 Å². The molecule has 3 heteroatoms. The first-order valence-electron chi connectivity index (χ1n) is 8.22. The molecule has 1 unspecified atom stereocenters. The number of anilines is 1. The summed E-state index contributed by atoms with van der Waals surface area (Å²) in [6.07, 6.45) is 3.17. The number of para-hydroxylation sites is 1. The van der Waals surface area contributed by atoms with Crippen molar-refractivity contribution in [2.24, 2.45) is 0 Å². The minimum Gasteiger partial charge on any atom is -0.394 e. The molecule has 0 amide bonds. The van der Waals surface area contributed by atoms with E-state index in [1.54, 1.807) is 0 Å². The Morgan fingerprint density at radius 2 is 1.95 bits per heavy atom. The maximum atomic E-state index is 9.62. The van der Waals surface area contributed by atoms with Crippen LogP contribution in [0.2, 0.25) is 0 Å². The van der Waals surface area contributed by atoms with E-state index < -0.39 is 0 Å². The SMILES string of the molecule is CCCNC(C)(CO)CCCN(CC)c1ccccc1C. The Hall–Kier alpha value is -1.06. The minimum absolute atomic E-state index is 0.152. The molecule has 0 aromatic heterocycles. The molecule has 0 aliphatic heterocycles. The molecule has 0 saturated heterocycles. The Morgan fingerprint density at radius 3 is 2.52 bits per heavy atom. The maximum Gasteiger partial charge on any atom is 0.0610 e. The van der Waals surface area contributed by atoms with Crippen LogP contribution in [0.3, 0.4) is 0 Å². The number of aliphatic hydroxyl groups is 1. The fourth-order valence-electron chi connectivity index (χ4n) is 2.68. The highest BCUT2D eigenvalue weighted by atomic mass is 16.3. The summed E-state index contributed by atoms with van der Waals surface area (Å²) in [7, 11) is 0. The van der Waals surface area contributed by atoms with Crippen LogP contribution in [0.25, 0.3) is 0 Å². The van der Waals surface area contributed by atoms with Crippen molar-refractivity contribution in [3.8, 4) is 0 Å². The number of aryl methyl sites for hydroxylation is 1. The minimum atomic E-state index is -0.152. The predicted molar refractivity (Wildman–Crippen MR) is 92.1 cm³/mol. The first kappa shape index (κ1) is 18.0. The maximum absolute atomic E-state index is 9.62. The molecule has 0 fully saturated rings. The topological polar surface area (TPSA) is 35.5 Å². The second-order valence-electron chi connectivity index (χ2n) is 6.12. The summed E-state index contributed by atoms with van der Waals surface area (Å²) in [5.74, 6) is 0. The molecule has 3 nitrogen and oxygen atoms in total. The normalized spacial score (nSPS) is 14.0. The van der Waals surface area contributed by atoms with Crippen molar-refractivity contribution in [2.45, 2.75) is 52.5 Å². The second kappa shape index (κ2) is 9.06. The van der Waals surface area contributed by atoms with Crippen molar-refractivity contribution in [2.75, 3.05) is 31.1 Å². The lowest BCUT2D eigenvalue weighted by Crippen LogP contribution is -2.46. The van der Waals surface area contributed by atoms with Crippen molar-refractivity contribution in [1.82, 2.24) is 5.32 Å². The zero-order valence-electron chi connectivity index (χ0n) is 14.2. The van der Waals surface area contributed by atoms with Gasteiger partial charge in [-0.15, -0.1) is 0 Å². The van der Waals surface area contributed by atoms with Crippen LogP contribution in [-0.4, -0.2) is 36.9 Å². The van der Waals surface area contributed by atoms with Gasteiger partial charge in [-0.2, -0.15) is 0 Å². The number of hydrogen-bond donors (Lipinski definition) is 2. The van der Waals surface area contributed by atoms with Crippen LogP contribution in [0, 0.1) is 6.92 Å². The van der Waals surface area contributed by atoms with E-state index in [1.165, 1.54) is 11.3 Å². The summed E-state index contributed by atoms with van der Waals surface area (Å²) >= 11 is 0. The van der Waals surface area contributed by atoms with E-state index in [9.17, 15) is 5.11 Å². The van der Waals surface area contributed by atoms with Gasteiger partial charge in [0.1, 0.15) is 0 Å². The third kappa shape index (κ3) is 5.68. The smallest absolute Gasteiger partial charge is 0.0610 e. The predicted octanol–water partition coefficient (Wildman–Crippen LogP) is 3.35. The van der Waals surface area contributed by atoms with E-state index in [1.807, 2.05) is 0 Å². The molecule has 21 heavy (non-hydrogen) atoms.